The number of amides is 1. The third-order valence-corrected chi connectivity index (χ3v) is 3.58. The zero-order valence-corrected chi connectivity index (χ0v) is 12.7. The molecular formula is C18H17N3O2. The molecule has 0 unspecified atom stereocenters. The van der Waals surface area contributed by atoms with Gasteiger partial charge in [0.1, 0.15) is 5.75 Å². The van der Waals surface area contributed by atoms with Gasteiger partial charge < -0.3 is 15.8 Å². The first-order chi connectivity index (χ1) is 11.2. The van der Waals surface area contributed by atoms with Gasteiger partial charge in [0.25, 0.3) is 0 Å². The van der Waals surface area contributed by atoms with Crippen LogP contribution in [0.15, 0.2) is 54.7 Å². The minimum atomic E-state index is -0.508. The van der Waals surface area contributed by atoms with Crippen LogP contribution in [0.3, 0.4) is 0 Å². The Kier molecular flexibility index (Phi) is 4.21. The average Bonchev–Trinajstić information content (AvgIpc) is 2.58. The number of nitrogens with two attached hydrogens (primary N) is 1. The largest absolute Gasteiger partial charge is 0.438 e. The number of fused-ring (bicyclic) bond motifs is 1. The van der Waals surface area contributed by atoms with Crippen molar-refractivity contribution in [2.45, 2.75) is 6.54 Å². The molecule has 3 N–H and O–H groups in total. The zero-order chi connectivity index (χ0) is 16.2. The molecule has 1 heterocycles. The maximum absolute atomic E-state index is 11.1. The molecule has 3 rings (SSSR count). The van der Waals surface area contributed by atoms with Crippen molar-refractivity contribution >= 4 is 16.7 Å². The molecule has 0 saturated heterocycles. The van der Waals surface area contributed by atoms with E-state index in [9.17, 15) is 4.79 Å². The second-order valence-corrected chi connectivity index (χ2v) is 5.15. The minimum Gasteiger partial charge on any atom is -0.438 e. The van der Waals surface area contributed by atoms with Crippen LogP contribution in [0.2, 0.25) is 0 Å². The van der Waals surface area contributed by atoms with E-state index in [4.69, 9.17) is 10.5 Å². The maximum atomic E-state index is 11.1. The van der Waals surface area contributed by atoms with Crippen LogP contribution in [0.25, 0.3) is 10.8 Å². The number of pyridine rings is 1. The van der Waals surface area contributed by atoms with Crippen LogP contribution in [0.4, 0.5) is 0 Å². The first-order valence-corrected chi connectivity index (χ1v) is 7.28. The Morgan fingerprint density at radius 1 is 1.13 bits per heavy atom. The van der Waals surface area contributed by atoms with Crippen LogP contribution in [0.5, 0.6) is 11.6 Å². The summed E-state index contributed by atoms with van der Waals surface area (Å²) < 4.78 is 5.88. The van der Waals surface area contributed by atoms with Gasteiger partial charge in [-0.05, 0) is 30.1 Å². The van der Waals surface area contributed by atoms with Gasteiger partial charge in [-0.1, -0.05) is 30.3 Å². The van der Waals surface area contributed by atoms with Crippen LogP contribution in [0.1, 0.15) is 15.9 Å². The van der Waals surface area contributed by atoms with Gasteiger partial charge in [-0.3, -0.25) is 4.79 Å². The lowest BCUT2D eigenvalue weighted by atomic mass is 10.0. The van der Waals surface area contributed by atoms with Gasteiger partial charge in [-0.25, -0.2) is 4.98 Å². The first kappa shape index (κ1) is 15.0. The Bertz CT molecular complexity index is 845. The fourth-order valence-corrected chi connectivity index (χ4v) is 2.47. The van der Waals surface area contributed by atoms with Crippen LogP contribution in [-0.2, 0) is 6.54 Å². The molecule has 1 amide bonds. The number of primary amides is 1. The van der Waals surface area contributed by atoms with Crippen LogP contribution in [-0.4, -0.2) is 17.9 Å². The van der Waals surface area contributed by atoms with Crippen LogP contribution < -0.4 is 15.8 Å². The van der Waals surface area contributed by atoms with Crippen molar-refractivity contribution in [3.05, 3.63) is 65.9 Å². The topological polar surface area (TPSA) is 77.2 Å². The second kappa shape index (κ2) is 6.46. The molecule has 2 aromatic carbocycles. The molecule has 0 spiro atoms. The zero-order valence-electron chi connectivity index (χ0n) is 12.7. The highest BCUT2D eigenvalue weighted by Gasteiger charge is 2.08. The number of carbonyl (C=O) groups excluding carboxylic acids is 1. The Hall–Kier alpha value is -2.92. The van der Waals surface area contributed by atoms with Gasteiger partial charge in [0, 0.05) is 24.2 Å². The molecule has 0 aliphatic carbocycles. The number of nitrogens with zero attached hydrogens (tertiary/aromatic N) is 1. The second-order valence-electron chi connectivity index (χ2n) is 5.15. The molecule has 0 bridgehead atoms. The van der Waals surface area contributed by atoms with Gasteiger partial charge in [0.05, 0.1) is 5.56 Å². The van der Waals surface area contributed by atoms with Crippen molar-refractivity contribution in [1.29, 1.82) is 0 Å². The Morgan fingerprint density at radius 2 is 1.91 bits per heavy atom. The average molecular weight is 307 g/mol. The van der Waals surface area contributed by atoms with Gasteiger partial charge in [0.15, 0.2) is 0 Å². The van der Waals surface area contributed by atoms with Crippen molar-refractivity contribution < 1.29 is 9.53 Å². The van der Waals surface area contributed by atoms with Crippen molar-refractivity contribution in [2.75, 3.05) is 7.05 Å². The Labute approximate surface area is 134 Å². The minimum absolute atomic E-state index is 0.353. The van der Waals surface area contributed by atoms with Crippen LogP contribution in [0, 0.1) is 0 Å². The van der Waals surface area contributed by atoms with Gasteiger partial charge in [-0.2, -0.15) is 0 Å². The van der Waals surface area contributed by atoms with E-state index in [1.165, 1.54) is 11.8 Å². The number of benzene rings is 2. The van der Waals surface area contributed by atoms with E-state index in [-0.39, 0.29) is 0 Å². The summed E-state index contributed by atoms with van der Waals surface area (Å²) in [5, 5.41) is 5.31. The van der Waals surface area contributed by atoms with Crippen molar-refractivity contribution in [2.24, 2.45) is 5.73 Å². The lowest BCUT2D eigenvalue weighted by Crippen LogP contribution is -2.10. The summed E-state index contributed by atoms with van der Waals surface area (Å²) in [5.74, 6) is 0.632. The third-order valence-electron chi connectivity index (χ3n) is 3.58. The molecule has 5 nitrogen and oxygen atoms in total. The number of nitrogens with one attached hydrogen (secondary N) is 1. The number of hydrogen-bond donors (Lipinski definition) is 2. The molecule has 0 radical (unpaired) electrons. The number of rotatable bonds is 5. The molecule has 0 aliphatic rings. The number of ether oxygens (including phenoxy) is 1. The summed E-state index contributed by atoms with van der Waals surface area (Å²) in [6.07, 6.45) is 1.41. The van der Waals surface area contributed by atoms with Crippen LogP contribution >= 0.6 is 0 Å². The molecule has 1 aromatic heterocycles. The third kappa shape index (κ3) is 3.14. The summed E-state index contributed by atoms with van der Waals surface area (Å²) >= 11 is 0. The lowest BCUT2D eigenvalue weighted by molar-refractivity contribution is 0.1000. The molecular weight excluding hydrogens is 290 g/mol. The fourth-order valence-electron chi connectivity index (χ4n) is 2.47. The number of hydrogen-bond acceptors (Lipinski definition) is 4. The maximum Gasteiger partial charge on any atom is 0.250 e. The SMILES string of the molecule is CNCc1ccc(Oc2ccc(C(N)=O)cn2)c2ccccc12. The lowest BCUT2D eigenvalue weighted by Gasteiger charge is -2.12. The molecule has 0 fully saturated rings. The predicted octanol–water partition coefficient (Wildman–Crippen LogP) is 2.85. The molecule has 23 heavy (non-hydrogen) atoms. The Morgan fingerprint density at radius 3 is 2.57 bits per heavy atom. The predicted molar refractivity (Wildman–Crippen MR) is 89.5 cm³/mol. The summed E-state index contributed by atoms with van der Waals surface area (Å²) in [5.41, 5.74) is 6.76. The van der Waals surface area contributed by atoms with Gasteiger partial charge in [-0.15, -0.1) is 0 Å². The number of carbonyl (C=O) groups is 1. The van der Waals surface area contributed by atoms with Gasteiger partial charge in [0.2, 0.25) is 11.8 Å². The van der Waals surface area contributed by atoms with E-state index in [1.54, 1.807) is 12.1 Å². The molecule has 116 valence electrons. The standard InChI is InChI=1S/C18H17N3O2/c1-20-10-12-6-8-16(15-5-3-2-4-14(12)15)23-17-9-7-13(11-21-17)18(19)22/h2-9,11,20H,10H2,1H3,(H2,19,22). The smallest absolute Gasteiger partial charge is 0.250 e. The summed E-state index contributed by atoms with van der Waals surface area (Å²) in [6.45, 7) is 0.784. The van der Waals surface area contributed by atoms with Crippen molar-refractivity contribution in [3.63, 3.8) is 0 Å². The van der Waals surface area contributed by atoms with Crippen molar-refractivity contribution in [3.8, 4) is 11.6 Å². The van der Waals surface area contributed by atoms with E-state index >= 15 is 0 Å². The highest BCUT2D eigenvalue weighted by molar-refractivity contribution is 5.92. The highest BCUT2D eigenvalue weighted by Crippen LogP contribution is 2.31. The molecule has 0 saturated carbocycles. The number of aromatic nitrogens is 1. The Balaban J connectivity index is 1.97. The molecule has 5 heteroatoms. The normalized spacial score (nSPS) is 10.7. The first-order valence-electron chi connectivity index (χ1n) is 7.28. The summed E-state index contributed by atoms with van der Waals surface area (Å²) in [4.78, 5) is 15.2. The highest BCUT2D eigenvalue weighted by atomic mass is 16.5. The van der Waals surface area contributed by atoms with E-state index < -0.39 is 5.91 Å². The molecule has 0 aliphatic heterocycles. The van der Waals surface area contributed by atoms with Crippen molar-refractivity contribution in [1.82, 2.24) is 10.3 Å². The van der Waals surface area contributed by atoms with E-state index in [1.807, 2.05) is 37.4 Å². The van der Waals surface area contributed by atoms with E-state index in [0.29, 0.717) is 11.4 Å². The fraction of sp³-hybridized carbons (Fsp3) is 0.111. The monoisotopic (exact) mass is 307 g/mol. The van der Waals surface area contributed by atoms with Gasteiger partial charge >= 0.3 is 0 Å². The van der Waals surface area contributed by atoms with E-state index in [0.717, 1.165) is 23.1 Å². The summed E-state index contributed by atoms with van der Waals surface area (Å²) in [6, 6.07) is 15.3. The van der Waals surface area contributed by atoms with E-state index in [2.05, 4.69) is 16.4 Å². The quantitative estimate of drug-likeness (QED) is 0.760. The summed E-state index contributed by atoms with van der Waals surface area (Å²) in [7, 11) is 1.92. The molecule has 3 aromatic rings. The molecule has 0 atom stereocenters.